The Bertz CT molecular complexity index is 1610. The number of fused-ring (bicyclic) bond motifs is 2. The lowest BCUT2D eigenvalue weighted by molar-refractivity contribution is -0.140. The SMILES string of the molecule is COC(=O)CC[C@@H]1COc2cc(O[C@@H]3CCc4c(Oc5ccc(-c6c(C)noc6C)cc5F)ccc(F)c43)ccc21. The van der Waals surface area contributed by atoms with Gasteiger partial charge in [0.05, 0.1) is 19.4 Å². The van der Waals surface area contributed by atoms with Crippen LogP contribution in [0.5, 0.6) is 23.0 Å². The molecule has 1 aliphatic carbocycles. The molecule has 2 heterocycles. The van der Waals surface area contributed by atoms with Crippen LogP contribution >= 0.6 is 0 Å². The number of hydrogen-bond donors (Lipinski definition) is 0. The Kier molecular flexibility index (Phi) is 7.11. The van der Waals surface area contributed by atoms with Gasteiger partial charge >= 0.3 is 5.97 Å². The molecule has 2 aliphatic rings. The summed E-state index contributed by atoms with van der Waals surface area (Å²) < 4.78 is 58.2. The predicted molar refractivity (Wildman–Crippen MR) is 145 cm³/mol. The van der Waals surface area contributed by atoms with E-state index in [9.17, 15) is 4.79 Å². The number of halogens is 2. The summed E-state index contributed by atoms with van der Waals surface area (Å²) in [6, 6.07) is 13.1. The van der Waals surface area contributed by atoms with Crippen molar-refractivity contribution in [1.29, 1.82) is 0 Å². The normalized spacial score (nSPS) is 17.1. The van der Waals surface area contributed by atoms with E-state index in [-0.39, 0.29) is 17.6 Å². The van der Waals surface area contributed by atoms with E-state index in [0.29, 0.717) is 77.7 Å². The van der Waals surface area contributed by atoms with Crippen molar-refractivity contribution in [2.75, 3.05) is 13.7 Å². The molecule has 1 aromatic heterocycles. The number of rotatable bonds is 8. The summed E-state index contributed by atoms with van der Waals surface area (Å²) in [6.45, 7) is 4.06. The van der Waals surface area contributed by atoms with Crippen molar-refractivity contribution < 1.29 is 37.0 Å². The highest BCUT2D eigenvalue weighted by Gasteiger charge is 2.32. The molecule has 6 rings (SSSR count). The van der Waals surface area contributed by atoms with E-state index >= 15 is 8.78 Å². The fourth-order valence-corrected chi connectivity index (χ4v) is 5.74. The highest BCUT2D eigenvalue weighted by Crippen LogP contribution is 2.45. The third-order valence-electron chi connectivity index (χ3n) is 7.78. The summed E-state index contributed by atoms with van der Waals surface area (Å²) in [5, 5.41) is 3.93. The quantitative estimate of drug-likeness (QED) is 0.206. The van der Waals surface area contributed by atoms with Crippen LogP contribution in [0.2, 0.25) is 0 Å². The van der Waals surface area contributed by atoms with Gasteiger partial charge in [0.2, 0.25) is 0 Å². The number of nitrogens with zero attached hydrogens (tertiary/aromatic N) is 1. The molecule has 0 N–H and O–H groups in total. The van der Waals surface area contributed by atoms with Crippen molar-refractivity contribution in [2.24, 2.45) is 0 Å². The number of hydrogen-bond acceptors (Lipinski definition) is 7. The molecule has 2 atom stereocenters. The van der Waals surface area contributed by atoms with Crippen molar-refractivity contribution >= 4 is 5.97 Å². The summed E-state index contributed by atoms with van der Waals surface area (Å²) in [6.07, 6.45) is 1.48. The van der Waals surface area contributed by atoms with E-state index in [0.717, 1.165) is 11.1 Å². The molecule has 0 bridgehead atoms. The zero-order valence-corrected chi connectivity index (χ0v) is 23.0. The maximum absolute atomic E-state index is 15.1. The first-order valence-corrected chi connectivity index (χ1v) is 13.5. The lowest BCUT2D eigenvalue weighted by atomic mass is 9.96. The molecule has 0 unspecified atom stereocenters. The highest BCUT2D eigenvalue weighted by molar-refractivity contribution is 5.69. The molecule has 41 heavy (non-hydrogen) atoms. The van der Waals surface area contributed by atoms with E-state index in [2.05, 4.69) is 5.16 Å². The van der Waals surface area contributed by atoms with E-state index in [1.807, 2.05) is 12.1 Å². The van der Waals surface area contributed by atoms with E-state index in [1.165, 1.54) is 25.3 Å². The van der Waals surface area contributed by atoms with Crippen molar-refractivity contribution in [3.8, 4) is 34.1 Å². The molecule has 0 spiro atoms. The Hall–Kier alpha value is -4.40. The van der Waals surface area contributed by atoms with Crippen LogP contribution in [0.1, 0.15) is 59.4 Å². The Morgan fingerprint density at radius 1 is 1.05 bits per heavy atom. The third kappa shape index (κ3) is 5.12. The second kappa shape index (κ2) is 10.9. The first kappa shape index (κ1) is 26.8. The lowest BCUT2D eigenvalue weighted by Crippen LogP contribution is -2.06. The van der Waals surface area contributed by atoms with Gasteiger partial charge in [0.1, 0.15) is 34.9 Å². The van der Waals surface area contributed by atoms with Gasteiger partial charge in [-0.15, -0.1) is 0 Å². The average molecular weight is 562 g/mol. The molecule has 0 fully saturated rings. The Labute approximate surface area is 236 Å². The summed E-state index contributed by atoms with van der Waals surface area (Å²) in [7, 11) is 1.38. The van der Waals surface area contributed by atoms with Crippen LogP contribution in [0, 0.1) is 25.5 Å². The largest absolute Gasteiger partial charge is 0.493 e. The van der Waals surface area contributed by atoms with Crippen LogP contribution < -0.4 is 14.2 Å². The number of esters is 1. The van der Waals surface area contributed by atoms with Crippen LogP contribution in [0.3, 0.4) is 0 Å². The monoisotopic (exact) mass is 561 g/mol. The second-order valence-electron chi connectivity index (χ2n) is 10.4. The zero-order valence-electron chi connectivity index (χ0n) is 23.0. The summed E-state index contributed by atoms with van der Waals surface area (Å²) in [5.41, 5.74) is 4.13. The number of aryl methyl sites for hydroxylation is 2. The van der Waals surface area contributed by atoms with E-state index in [4.69, 9.17) is 23.5 Å². The number of benzene rings is 3. The topological polar surface area (TPSA) is 80.0 Å². The Balaban J connectivity index is 1.19. The minimum Gasteiger partial charge on any atom is -0.493 e. The minimum absolute atomic E-state index is 0.0382. The van der Waals surface area contributed by atoms with Gasteiger partial charge in [-0.1, -0.05) is 17.3 Å². The molecule has 212 valence electrons. The van der Waals surface area contributed by atoms with Crippen LogP contribution in [0.4, 0.5) is 8.78 Å². The first-order valence-electron chi connectivity index (χ1n) is 13.5. The van der Waals surface area contributed by atoms with E-state index in [1.54, 1.807) is 32.0 Å². The van der Waals surface area contributed by atoms with Crippen LogP contribution in [-0.4, -0.2) is 24.8 Å². The summed E-state index contributed by atoms with van der Waals surface area (Å²) in [4.78, 5) is 11.5. The molecular formula is C32H29F2NO6. The maximum Gasteiger partial charge on any atom is 0.305 e. The number of carbonyl (C=O) groups excluding carboxylic acids is 1. The highest BCUT2D eigenvalue weighted by atomic mass is 19.1. The Morgan fingerprint density at radius 3 is 2.63 bits per heavy atom. The molecule has 0 saturated heterocycles. The smallest absolute Gasteiger partial charge is 0.305 e. The van der Waals surface area contributed by atoms with Gasteiger partial charge in [-0.2, -0.15) is 0 Å². The summed E-state index contributed by atoms with van der Waals surface area (Å²) in [5.74, 6) is 1.19. The zero-order chi connectivity index (χ0) is 28.7. The van der Waals surface area contributed by atoms with Crippen LogP contribution in [0.25, 0.3) is 11.1 Å². The molecule has 3 aromatic carbocycles. The fraction of sp³-hybridized carbons (Fsp3) is 0.312. The molecule has 0 saturated carbocycles. The average Bonchev–Trinajstić information content (AvgIpc) is 3.67. The molecule has 4 aromatic rings. The molecule has 9 heteroatoms. The van der Waals surface area contributed by atoms with E-state index < -0.39 is 17.7 Å². The molecule has 7 nitrogen and oxygen atoms in total. The number of ether oxygens (including phenoxy) is 4. The van der Waals surface area contributed by atoms with Gasteiger partial charge in [0.25, 0.3) is 0 Å². The van der Waals surface area contributed by atoms with Gasteiger partial charge in [-0.3, -0.25) is 4.79 Å². The summed E-state index contributed by atoms with van der Waals surface area (Å²) >= 11 is 0. The van der Waals surface area contributed by atoms with Crippen molar-refractivity contribution in [1.82, 2.24) is 5.16 Å². The molecule has 0 radical (unpaired) electrons. The Morgan fingerprint density at radius 2 is 1.88 bits per heavy atom. The standard InChI is InChI=1S/C32H29F2NO6/c1-17-31(18(2)41-35-17)19-4-10-27(25(34)14-19)40-26-12-9-24(33)32-23(26)8-11-28(32)39-21-6-7-22-20(5-13-30(36)37-3)16-38-29(22)15-21/h4,6-7,9-10,12,14-15,20,28H,5,8,11,13,16H2,1-3H3/t20-,28-/m1/s1. The predicted octanol–water partition coefficient (Wildman–Crippen LogP) is 7.52. The van der Waals surface area contributed by atoms with Crippen molar-refractivity contribution in [3.05, 3.63) is 88.3 Å². The number of methoxy groups -OCH3 is 1. The van der Waals surface area contributed by atoms with Crippen molar-refractivity contribution in [2.45, 2.75) is 51.6 Å². The van der Waals surface area contributed by atoms with Gasteiger partial charge in [0, 0.05) is 40.7 Å². The van der Waals surface area contributed by atoms with Gasteiger partial charge in [-0.25, -0.2) is 8.78 Å². The van der Waals surface area contributed by atoms with Crippen LogP contribution in [0.15, 0.2) is 53.1 Å². The number of carbonyl (C=O) groups is 1. The van der Waals surface area contributed by atoms with Crippen LogP contribution in [-0.2, 0) is 16.0 Å². The lowest BCUT2D eigenvalue weighted by Gasteiger charge is -2.17. The van der Waals surface area contributed by atoms with Gasteiger partial charge in [-0.05, 0) is 69.0 Å². The fourth-order valence-electron chi connectivity index (χ4n) is 5.74. The molecule has 1 aliphatic heterocycles. The minimum atomic E-state index is -0.547. The number of aromatic nitrogens is 1. The molecular weight excluding hydrogens is 532 g/mol. The first-order chi connectivity index (χ1) is 19.8. The van der Waals surface area contributed by atoms with Gasteiger partial charge < -0.3 is 23.5 Å². The van der Waals surface area contributed by atoms with Crippen molar-refractivity contribution in [3.63, 3.8) is 0 Å². The maximum atomic E-state index is 15.1. The molecule has 0 amide bonds. The second-order valence-corrected chi connectivity index (χ2v) is 10.4. The third-order valence-corrected chi connectivity index (χ3v) is 7.78. The van der Waals surface area contributed by atoms with Gasteiger partial charge in [0.15, 0.2) is 11.6 Å².